The second-order valence-corrected chi connectivity index (χ2v) is 11.0. The SMILES string of the molecule is CC/C=C\C/C=C\C/C=C\CCCCCCCC(=O)OCC(O)COP(=O)(O)OCC[N+](C)(C)C. The number of aliphatic hydroxyl groups excluding tert-OH is 1. The van der Waals surface area contributed by atoms with Crippen LogP contribution in [0.1, 0.15) is 71.1 Å². The molecule has 0 aliphatic rings. The molecule has 0 heterocycles. The molecule has 2 N–H and O–H groups in total. The number of unbranched alkanes of at least 4 members (excludes halogenated alkanes) is 5. The second kappa shape index (κ2) is 20.9. The van der Waals surface area contributed by atoms with E-state index in [2.05, 4.69) is 43.4 Å². The minimum Gasteiger partial charge on any atom is -0.463 e. The molecule has 0 aromatic carbocycles. The van der Waals surface area contributed by atoms with E-state index in [0.29, 0.717) is 17.4 Å². The summed E-state index contributed by atoms with van der Waals surface area (Å²) in [6.07, 6.45) is 21.5. The fraction of sp³-hybridized carbons (Fsp3) is 0.731. The van der Waals surface area contributed by atoms with Crippen molar-refractivity contribution in [2.75, 3.05) is 47.5 Å². The highest BCUT2D eigenvalue weighted by Crippen LogP contribution is 2.43. The lowest BCUT2D eigenvalue weighted by molar-refractivity contribution is -0.870. The highest BCUT2D eigenvalue weighted by molar-refractivity contribution is 7.47. The third kappa shape index (κ3) is 25.6. The van der Waals surface area contributed by atoms with Gasteiger partial charge in [0.05, 0.1) is 27.7 Å². The van der Waals surface area contributed by atoms with Gasteiger partial charge < -0.3 is 19.2 Å². The zero-order valence-electron chi connectivity index (χ0n) is 22.3. The molecule has 0 amide bonds. The van der Waals surface area contributed by atoms with Gasteiger partial charge in [0.15, 0.2) is 0 Å². The summed E-state index contributed by atoms with van der Waals surface area (Å²) in [7, 11) is 1.54. The minimum absolute atomic E-state index is 0.0497. The predicted octanol–water partition coefficient (Wildman–Crippen LogP) is 5.32. The average Bonchev–Trinajstić information content (AvgIpc) is 2.78. The first-order valence-electron chi connectivity index (χ1n) is 12.8. The number of phosphoric ester groups is 1. The van der Waals surface area contributed by atoms with Gasteiger partial charge in [-0.05, 0) is 38.5 Å². The minimum atomic E-state index is -4.25. The van der Waals surface area contributed by atoms with E-state index in [1.165, 1.54) is 0 Å². The van der Waals surface area contributed by atoms with E-state index in [-0.39, 0.29) is 13.2 Å². The van der Waals surface area contributed by atoms with Gasteiger partial charge in [0.1, 0.15) is 25.9 Å². The summed E-state index contributed by atoms with van der Waals surface area (Å²) in [6, 6.07) is 0. The fourth-order valence-electron chi connectivity index (χ4n) is 2.85. The van der Waals surface area contributed by atoms with Gasteiger partial charge in [0.25, 0.3) is 0 Å². The van der Waals surface area contributed by atoms with Crippen LogP contribution in [-0.2, 0) is 23.1 Å². The second-order valence-electron chi connectivity index (χ2n) is 9.55. The maximum atomic E-state index is 11.8. The van der Waals surface area contributed by atoms with Crippen LogP contribution in [0.15, 0.2) is 36.5 Å². The first-order valence-corrected chi connectivity index (χ1v) is 14.3. The van der Waals surface area contributed by atoms with Crippen molar-refractivity contribution in [3.8, 4) is 0 Å². The zero-order chi connectivity index (χ0) is 26.4. The van der Waals surface area contributed by atoms with Crippen LogP contribution in [0.2, 0.25) is 0 Å². The van der Waals surface area contributed by atoms with Crippen LogP contribution in [-0.4, -0.2) is 74.1 Å². The summed E-state index contributed by atoms with van der Waals surface area (Å²) in [5.41, 5.74) is 0. The Morgan fingerprint density at radius 1 is 0.886 bits per heavy atom. The van der Waals surface area contributed by atoms with Gasteiger partial charge in [-0.15, -0.1) is 0 Å². The number of carbonyl (C=O) groups excluding carboxylic acids is 1. The largest absolute Gasteiger partial charge is 0.472 e. The summed E-state index contributed by atoms with van der Waals surface area (Å²) >= 11 is 0. The van der Waals surface area contributed by atoms with Crippen molar-refractivity contribution in [1.29, 1.82) is 0 Å². The Bertz CT molecular complexity index is 671. The number of carbonyl (C=O) groups is 1. The Hall–Kier alpha value is -1.28. The van der Waals surface area contributed by atoms with E-state index in [1.807, 2.05) is 21.1 Å². The summed E-state index contributed by atoms with van der Waals surface area (Å²) in [6.45, 7) is 1.98. The van der Waals surface area contributed by atoms with E-state index in [9.17, 15) is 19.4 Å². The standard InChI is InChI=1S/C26H48NO7P/c1-5-6-7-8-9-10-11-12-13-14-15-16-17-18-19-20-26(29)32-23-25(28)24-34-35(30,31)33-22-21-27(2,3)4/h6-7,9-10,12-13,25,28H,5,8,11,14-24H2,1-4H3/p+1/b7-6-,10-9-,13-12-. The molecule has 0 saturated heterocycles. The summed E-state index contributed by atoms with van der Waals surface area (Å²) in [5.74, 6) is -0.392. The monoisotopic (exact) mass is 518 g/mol. The Kier molecular flexibility index (Phi) is 20.1. The molecule has 0 rings (SSSR count). The van der Waals surface area contributed by atoms with Gasteiger partial charge in [0.2, 0.25) is 0 Å². The number of quaternary nitrogens is 1. The fourth-order valence-corrected chi connectivity index (χ4v) is 3.59. The maximum Gasteiger partial charge on any atom is 0.472 e. The molecule has 204 valence electrons. The summed E-state index contributed by atoms with van der Waals surface area (Å²) in [4.78, 5) is 21.4. The molecule has 2 unspecified atom stereocenters. The number of esters is 1. The Labute approximate surface area is 212 Å². The van der Waals surface area contributed by atoms with Crippen molar-refractivity contribution in [1.82, 2.24) is 0 Å². The molecule has 0 fully saturated rings. The molecule has 8 nitrogen and oxygen atoms in total. The molecule has 0 aliphatic carbocycles. The number of nitrogens with zero attached hydrogens (tertiary/aromatic N) is 1. The summed E-state index contributed by atoms with van der Waals surface area (Å²) < 4.78 is 27.0. The molecule has 0 saturated carbocycles. The van der Waals surface area contributed by atoms with Crippen molar-refractivity contribution >= 4 is 13.8 Å². The van der Waals surface area contributed by atoms with Crippen LogP contribution >= 0.6 is 7.82 Å². The third-order valence-electron chi connectivity index (χ3n) is 4.92. The number of allylic oxidation sites excluding steroid dienone is 6. The molecule has 0 bridgehead atoms. The van der Waals surface area contributed by atoms with E-state index in [4.69, 9.17) is 13.8 Å². The smallest absolute Gasteiger partial charge is 0.463 e. The quantitative estimate of drug-likeness (QED) is 0.0657. The lowest BCUT2D eigenvalue weighted by Gasteiger charge is -2.24. The number of aliphatic hydroxyl groups is 1. The predicted molar refractivity (Wildman–Crippen MR) is 141 cm³/mol. The first kappa shape index (κ1) is 33.7. The van der Waals surface area contributed by atoms with Gasteiger partial charge in [-0.3, -0.25) is 13.8 Å². The molecule has 0 aromatic rings. The Morgan fingerprint density at radius 2 is 1.49 bits per heavy atom. The van der Waals surface area contributed by atoms with E-state index in [1.54, 1.807) is 0 Å². The number of phosphoric acid groups is 1. The Balaban J connectivity index is 3.66. The van der Waals surface area contributed by atoms with E-state index in [0.717, 1.165) is 57.8 Å². The highest BCUT2D eigenvalue weighted by Gasteiger charge is 2.24. The lowest BCUT2D eigenvalue weighted by atomic mass is 10.1. The van der Waals surface area contributed by atoms with Crippen LogP contribution in [0.3, 0.4) is 0 Å². The normalized spacial score (nSPS) is 15.3. The molecule has 0 radical (unpaired) electrons. The van der Waals surface area contributed by atoms with Crippen molar-refractivity contribution in [2.45, 2.75) is 77.2 Å². The highest BCUT2D eigenvalue weighted by atomic mass is 31.2. The molecule has 0 spiro atoms. The van der Waals surface area contributed by atoms with Gasteiger partial charge in [0, 0.05) is 6.42 Å². The maximum absolute atomic E-state index is 11.8. The number of rotatable bonds is 22. The van der Waals surface area contributed by atoms with Crippen LogP contribution in [0.4, 0.5) is 0 Å². The van der Waals surface area contributed by atoms with E-state index < -0.39 is 26.5 Å². The molecule has 9 heteroatoms. The van der Waals surface area contributed by atoms with Crippen LogP contribution in [0.25, 0.3) is 0 Å². The molecular weight excluding hydrogens is 469 g/mol. The number of ether oxygens (including phenoxy) is 1. The van der Waals surface area contributed by atoms with Gasteiger partial charge in [-0.1, -0.05) is 62.6 Å². The lowest BCUT2D eigenvalue weighted by Crippen LogP contribution is -2.37. The number of hydrogen-bond acceptors (Lipinski definition) is 6. The van der Waals surface area contributed by atoms with E-state index >= 15 is 0 Å². The molecule has 0 aromatic heterocycles. The van der Waals surface area contributed by atoms with Crippen LogP contribution in [0, 0.1) is 0 Å². The van der Waals surface area contributed by atoms with Crippen molar-refractivity contribution < 1.29 is 37.6 Å². The number of hydrogen-bond donors (Lipinski definition) is 2. The van der Waals surface area contributed by atoms with Crippen molar-refractivity contribution in [3.05, 3.63) is 36.5 Å². The molecule has 35 heavy (non-hydrogen) atoms. The van der Waals surface area contributed by atoms with Crippen LogP contribution in [0.5, 0.6) is 0 Å². The van der Waals surface area contributed by atoms with Gasteiger partial charge in [-0.2, -0.15) is 0 Å². The summed E-state index contributed by atoms with van der Waals surface area (Å²) in [5, 5.41) is 9.81. The molecular formula is C26H49NO7P+. The topological polar surface area (TPSA) is 102 Å². The molecule has 0 aliphatic heterocycles. The van der Waals surface area contributed by atoms with Crippen molar-refractivity contribution in [2.24, 2.45) is 0 Å². The van der Waals surface area contributed by atoms with Crippen molar-refractivity contribution in [3.63, 3.8) is 0 Å². The third-order valence-corrected chi connectivity index (χ3v) is 5.90. The first-order chi connectivity index (χ1) is 16.6. The molecule has 2 atom stereocenters. The zero-order valence-corrected chi connectivity index (χ0v) is 23.2. The van der Waals surface area contributed by atoms with Crippen LogP contribution < -0.4 is 0 Å². The number of likely N-dealkylation sites (N-methyl/N-ethyl adjacent to an activating group) is 1. The van der Waals surface area contributed by atoms with Gasteiger partial charge in [-0.25, -0.2) is 4.57 Å². The van der Waals surface area contributed by atoms with Gasteiger partial charge >= 0.3 is 13.8 Å². The Morgan fingerprint density at radius 3 is 2.14 bits per heavy atom. The average molecular weight is 519 g/mol.